The predicted octanol–water partition coefficient (Wildman–Crippen LogP) is 2.08. The van der Waals surface area contributed by atoms with Crippen LogP contribution >= 0.6 is 0 Å². The first kappa shape index (κ1) is 21.8. The lowest BCUT2D eigenvalue weighted by molar-refractivity contribution is 0.0962. The van der Waals surface area contributed by atoms with E-state index in [0.717, 1.165) is 4.31 Å². The Morgan fingerprint density at radius 1 is 1.03 bits per heavy atom. The number of rotatable bonds is 8. The van der Waals surface area contributed by atoms with Crippen LogP contribution in [0.3, 0.4) is 0 Å². The third kappa shape index (κ3) is 5.01. The van der Waals surface area contributed by atoms with Crippen molar-refractivity contribution in [2.45, 2.75) is 4.90 Å². The number of methoxy groups -OCH3 is 2. The minimum absolute atomic E-state index is 0.0314. The molecule has 162 valence electrons. The molecule has 0 aliphatic heterocycles. The standard InChI is InChI=1S/C20H21N5O5S/c1-25(15-7-9-16(29-2)10-8-15)31(27,28)17-6-4-5-14(13-17)19(26)23-24-20-21-12-11-18(22-20)30-3/h4-13H,1-3H3,(H,23,26)(H,21,22,24). The van der Waals surface area contributed by atoms with Crippen LogP contribution in [0.15, 0.2) is 65.7 Å². The number of benzene rings is 2. The highest BCUT2D eigenvalue weighted by Gasteiger charge is 2.22. The zero-order valence-corrected chi connectivity index (χ0v) is 17.9. The zero-order chi connectivity index (χ0) is 22.4. The van der Waals surface area contributed by atoms with Gasteiger partial charge in [0.15, 0.2) is 0 Å². The summed E-state index contributed by atoms with van der Waals surface area (Å²) < 4.78 is 37.3. The van der Waals surface area contributed by atoms with Crippen LogP contribution in [0.2, 0.25) is 0 Å². The van der Waals surface area contributed by atoms with Gasteiger partial charge in [-0.05, 0) is 42.5 Å². The number of ether oxygens (including phenoxy) is 2. The van der Waals surface area contributed by atoms with Crippen molar-refractivity contribution in [3.05, 3.63) is 66.4 Å². The van der Waals surface area contributed by atoms with E-state index < -0.39 is 15.9 Å². The molecule has 0 atom stereocenters. The van der Waals surface area contributed by atoms with Gasteiger partial charge in [0.2, 0.25) is 11.8 Å². The van der Waals surface area contributed by atoms with Crippen LogP contribution in [0, 0.1) is 0 Å². The summed E-state index contributed by atoms with van der Waals surface area (Å²) in [5.41, 5.74) is 5.58. The first-order valence-electron chi connectivity index (χ1n) is 9.01. The SMILES string of the molecule is COc1ccc(N(C)S(=O)(=O)c2cccc(C(=O)NNc3nccc(OC)n3)c2)cc1. The third-order valence-corrected chi connectivity index (χ3v) is 6.10. The Bertz CT molecular complexity index is 1170. The molecule has 3 rings (SSSR count). The smallest absolute Gasteiger partial charge is 0.269 e. The summed E-state index contributed by atoms with van der Waals surface area (Å²) in [6.07, 6.45) is 1.46. The fourth-order valence-corrected chi connectivity index (χ4v) is 3.83. The molecule has 2 N–H and O–H groups in total. The molecular formula is C20H21N5O5S. The topological polar surface area (TPSA) is 123 Å². The van der Waals surface area contributed by atoms with Gasteiger partial charge < -0.3 is 9.47 Å². The molecule has 2 aromatic carbocycles. The molecule has 31 heavy (non-hydrogen) atoms. The van der Waals surface area contributed by atoms with Crippen LogP contribution in [-0.2, 0) is 10.0 Å². The average molecular weight is 443 g/mol. The average Bonchev–Trinajstić information content (AvgIpc) is 2.82. The predicted molar refractivity (Wildman–Crippen MR) is 115 cm³/mol. The molecule has 1 heterocycles. The fourth-order valence-electron chi connectivity index (χ4n) is 2.59. The zero-order valence-electron chi connectivity index (χ0n) is 17.1. The van der Waals surface area contributed by atoms with Gasteiger partial charge in [-0.15, -0.1) is 0 Å². The molecule has 0 saturated carbocycles. The highest BCUT2D eigenvalue weighted by Crippen LogP contribution is 2.24. The second-order valence-electron chi connectivity index (χ2n) is 6.20. The maximum absolute atomic E-state index is 13.0. The molecule has 11 heteroatoms. The van der Waals surface area contributed by atoms with E-state index in [4.69, 9.17) is 9.47 Å². The van der Waals surface area contributed by atoms with Crippen LogP contribution in [0.1, 0.15) is 10.4 Å². The van der Waals surface area contributed by atoms with E-state index in [9.17, 15) is 13.2 Å². The number of sulfonamides is 1. The van der Waals surface area contributed by atoms with Gasteiger partial charge in [0, 0.05) is 24.9 Å². The normalized spacial score (nSPS) is 10.8. The Balaban J connectivity index is 1.76. The number of carbonyl (C=O) groups is 1. The molecule has 0 bridgehead atoms. The minimum atomic E-state index is -3.89. The van der Waals surface area contributed by atoms with Gasteiger partial charge in [0.05, 0.1) is 24.8 Å². The number of hydrogen-bond acceptors (Lipinski definition) is 8. The molecule has 0 saturated heterocycles. The number of amides is 1. The first-order valence-corrected chi connectivity index (χ1v) is 10.5. The van der Waals surface area contributed by atoms with Crippen LogP contribution in [0.25, 0.3) is 0 Å². The van der Waals surface area contributed by atoms with Gasteiger partial charge in [-0.2, -0.15) is 4.98 Å². The number of nitrogens with one attached hydrogen (secondary N) is 2. The Morgan fingerprint density at radius 2 is 1.77 bits per heavy atom. The largest absolute Gasteiger partial charge is 0.497 e. The molecule has 10 nitrogen and oxygen atoms in total. The molecule has 0 spiro atoms. The van der Waals surface area contributed by atoms with Crippen molar-refractivity contribution >= 4 is 27.6 Å². The van der Waals surface area contributed by atoms with Crippen molar-refractivity contribution in [3.8, 4) is 11.6 Å². The van der Waals surface area contributed by atoms with Crippen molar-refractivity contribution in [2.75, 3.05) is 31.0 Å². The summed E-state index contributed by atoms with van der Waals surface area (Å²) in [7, 11) is 0.530. The van der Waals surface area contributed by atoms with Crippen molar-refractivity contribution in [2.24, 2.45) is 0 Å². The van der Waals surface area contributed by atoms with Gasteiger partial charge in [-0.1, -0.05) is 6.07 Å². The Hall–Kier alpha value is -3.86. The lowest BCUT2D eigenvalue weighted by Gasteiger charge is -2.20. The number of nitrogens with zero attached hydrogens (tertiary/aromatic N) is 3. The van der Waals surface area contributed by atoms with Crippen molar-refractivity contribution in [3.63, 3.8) is 0 Å². The molecule has 1 amide bonds. The highest BCUT2D eigenvalue weighted by molar-refractivity contribution is 7.92. The molecular weight excluding hydrogens is 422 g/mol. The maximum atomic E-state index is 13.0. The second kappa shape index (κ2) is 9.30. The lowest BCUT2D eigenvalue weighted by Crippen LogP contribution is -2.31. The molecule has 0 aliphatic rings. The van der Waals surface area contributed by atoms with Crippen LogP contribution in [0.5, 0.6) is 11.6 Å². The number of aromatic nitrogens is 2. The maximum Gasteiger partial charge on any atom is 0.269 e. The summed E-state index contributed by atoms with van der Waals surface area (Å²) in [5, 5.41) is 0. The van der Waals surface area contributed by atoms with Crippen LogP contribution in [0.4, 0.5) is 11.6 Å². The van der Waals surface area contributed by atoms with Gasteiger partial charge in [-0.25, -0.2) is 13.4 Å². The van der Waals surface area contributed by atoms with E-state index in [1.807, 2.05) is 0 Å². The second-order valence-corrected chi connectivity index (χ2v) is 8.17. The summed E-state index contributed by atoms with van der Waals surface area (Å²) in [4.78, 5) is 20.4. The Morgan fingerprint density at radius 3 is 2.45 bits per heavy atom. The minimum Gasteiger partial charge on any atom is -0.497 e. The van der Waals surface area contributed by atoms with E-state index >= 15 is 0 Å². The molecule has 0 radical (unpaired) electrons. The monoisotopic (exact) mass is 443 g/mol. The summed E-state index contributed by atoms with van der Waals surface area (Å²) in [6, 6.07) is 13.8. The van der Waals surface area contributed by atoms with E-state index in [0.29, 0.717) is 17.3 Å². The molecule has 0 unspecified atom stereocenters. The molecule has 0 aliphatic carbocycles. The van der Waals surface area contributed by atoms with Crippen molar-refractivity contribution < 1.29 is 22.7 Å². The summed E-state index contributed by atoms with van der Waals surface area (Å²) in [6.45, 7) is 0. The Kier molecular flexibility index (Phi) is 6.55. The van der Waals surface area contributed by atoms with Gasteiger partial charge >= 0.3 is 0 Å². The lowest BCUT2D eigenvalue weighted by atomic mass is 10.2. The Labute approximate surface area is 179 Å². The van der Waals surface area contributed by atoms with E-state index in [1.54, 1.807) is 30.3 Å². The summed E-state index contributed by atoms with van der Waals surface area (Å²) >= 11 is 0. The number of carbonyl (C=O) groups excluding carboxylic acids is 1. The van der Waals surface area contributed by atoms with Crippen molar-refractivity contribution in [1.29, 1.82) is 0 Å². The van der Waals surface area contributed by atoms with E-state index in [1.165, 1.54) is 51.7 Å². The first-order chi connectivity index (χ1) is 14.8. The van der Waals surface area contributed by atoms with Crippen LogP contribution < -0.4 is 24.6 Å². The molecule has 1 aromatic heterocycles. The quantitative estimate of drug-likeness (QED) is 0.507. The van der Waals surface area contributed by atoms with E-state index in [2.05, 4.69) is 20.8 Å². The van der Waals surface area contributed by atoms with Gasteiger partial charge in [0.25, 0.3) is 15.9 Å². The number of hydrazine groups is 1. The van der Waals surface area contributed by atoms with E-state index in [-0.39, 0.29) is 16.4 Å². The van der Waals surface area contributed by atoms with Gasteiger partial charge in [-0.3, -0.25) is 20.0 Å². The highest BCUT2D eigenvalue weighted by atomic mass is 32.2. The van der Waals surface area contributed by atoms with Gasteiger partial charge in [0.1, 0.15) is 5.75 Å². The number of anilines is 2. The third-order valence-electron chi connectivity index (χ3n) is 4.32. The fraction of sp³-hybridized carbons (Fsp3) is 0.150. The molecule has 3 aromatic rings. The number of hydrogen-bond donors (Lipinski definition) is 2. The molecule has 0 fully saturated rings. The van der Waals surface area contributed by atoms with Crippen molar-refractivity contribution in [1.82, 2.24) is 15.4 Å². The van der Waals surface area contributed by atoms with Crippen LogP contribution in [-0.4, -0.2) is 45.6 Å². The summed E-state index contributed by atoms with van der Waals surface area (Å²) in [5.74, 6) is 0.494.